The lowest BCUT2D eigenvalue weighted by molar-refractivity contribution is -0.124. The third-order valence-electron chi connectivity index (χ3n) is 2.83. The maximum atomic E-state index is 11.8. The van der Waals surface area contributed by atoms with Crippen molar-refractivity contribution in [2.24, 2.45) is 0 Å². The van der Waals surface area contributed by atoms with E-state index in [1.165, 1.54) is 13.5 Å². The number of aromatic nitrogens is 2. The van der Waals surface area contributed by atoms with E-state index < -0.39 is 6.10 Å². The number of hydrogen-bond acceptors (Lipinski definition) is 5. The molecule has 100 valence electrons. The Hall–Kier alpha value is -2.21. The first-order valence-electron chi connectivity index (χ1n) is 5.82. The summed E-state index contributed by atoms with van der Waals surface area (Å²) in [6, 6.07) is 5.54. The Balaban J connectivity index is 2.25. The molecule has 0 aliphatic carbocycles. The summed E-state index contributed by atoms with van der Waals surface area (Å²) in [4.78, 5) is 11.8. The SMILES string of the molecule is COC(C)C(=O)Nc1cc(-c2nnco2)ccc1C. The van der Waals surface area contributed by atoms with Crippen molar-refractivity contribution in [3.05, 3.63) is 30.2 Å². The predicted octanol–water partition coefficient (Wildman–Crippen LogP) is 2.02. The molecule has 1 aromatic carbocycles. The summed E-state index contributed by atoms with van der Waals surface area (Å²) in [7, 11) is 1.49. The van der Waals surface area contributed by atoms with Crippen LogP contribution in [0.1, 0.15) is 12.5 Å². The number of benzene rings is 1. The Labute approximate surface area is 110 Å². The molecule has 1 aromatic heterocycles. The van der Waals surface area contributed by atoms with Gasteiger partial charge < -0.3 is 14.5 Å². The van der Waals surface area contributed by atoms with Gasteiger partial charge in [0.15, 0.2) is 0 Å². The van der Waals surface area contributed by atoms with E-state index in [2.05, 4.69) is 15.5 Å². The van der Waals surface area contributed by atoms with Crippen molar-refractivity contribution in [2.75, 3.05) is 12.4 Å². The van der Waals surface area contributed by atoms with Crippen molar-refractivity contribution in [3.63, 3.8) is 0 Å². The first-order valence-corrected chi connectivity index (χ1v) is 5.82. The quantitative estimate of drug-likeness (QED) is 0.911. The number of nitrogens with zero attached hydrogens (tertiary/aromatic N) is 2. The number of hydrogen-bond donors (Lipinski definition) is 1. The van der Waals surface area contributed by atoms with Crippen LogP contribution in [-0.4, -0.2) is 29.3 Å². The fourth-order valence-corrected chi connectivity index (χ4v) is 1.53. The fourth-order valence-electron chi connectivity index (χ4n) is 1.53. The smallest absolute Gasteiger partial charge is 0.253 e. The van der Waals surface area contributed by atoms with Crippen molar-refractivity contribution in [1.29, 1.82) is 0 Å². The van der Waals surface area contributed by atoms with Crippen LogP contribution in [0, 0.1) is 6.92 Å². The minimum absolute atomic E-state index is 0.201. The maximum absolute atomic E-state index is 11.8. The van der Waals surface area contributed by atoms with Gasteiger partial charge in [0.25, 0.3) is 5.91 Å². The van der Waals surface area contributed by atoms with Crippen LogP contribution in [0.15, 0.2) is 29.0 Å². The van der Waals surface area contributed by atoms with Gasteiger partial charge in [-0.25, -0.2) is 0 Å². The predicted molar refractivity (Wildman–Crippen MR) is 69.6 cm³/mol. The van der Waals surface area contributed by atoms with E-state index in [9.17, 15) is 4.79 Å². The monoisotopic (exact) mass is 261 g/mol. The second-order valence-corrected chi connectivity index (χ2v) is 4.14. The fraction of sp³-hybridized carbons (Fsp3) is 0.308. The molecule has 1 atom stereocenters. The molecule has 1 unspecified atom stereocenters. The Morgan fingerprint density at radius 1 is 1.47 bits per heavy atom. The molecule has 1 amide bonds. The van der Waals surface area contributed by atoms with Gasteiger partial charge in [0.2, 0.25) is 12.3 Å². The lowest BCUT2D eigenvalue weighted by atomic mass is 10.1. The molecular weight excluding hydrogens is 246 g/mol. The zero-order chi connectivity index (χ0) is 13.8. The van der Waals surface area contributed by atoms with Gasteiger partial charge in [-0.1, -0.05) is 6.07 Å². The summed E-state index contributed by atoms with van der Waals surface area (Å²) < 4.78 is 10.1. The molecule has 0 aliphatic rings. The number of amides is 1. The third-order valence-corrected chi connectivity index (χ3v) is 2.83. The second-order valence-electron chi connectivity index (χ2n) is 4.14. The van der Waals surface area contributed by atoms with Crippen LogP contribution < -0.4 is 5.32 Å². The van der Waals surface area contributed by atoms with Crippen LogP contribution >= 0.6 is 0 Å². The van der Waals surface area contributed by atoms with Gasteiger partial charge in [-0.2, -0.15) is 0 Å². The third kappa shape index (κ3) is 2.97. The van der Waals surface area contributed by atoms with Crippen LogP contribution in [0.4, 0.5) is 5.69 Å². The number of carbonyl (C=O) groups is 1. The van der Waals surface area contributed by atoms with Crippen LogP contribution in [0.5, 0.6) is 0 Å². The summed E-state index contributed by atoms with van der Waals surface area (Å²) >= 11 is 0. The molecule has 0 fully saturated rings. The van der Waals surface area contributed by atoms with Gasteiger partial charge in [0.05, 0.1) is 0 Å². The normalized spacial score (nSPS) is 12.2. The van der Waals surface area contributed by atoms with Gasteiger partial charge in [-0.3, -0.25) is 4.79 Å². The summed E-state index contributed by atoms with van der Waals surface area (Å²) in [5.74, 6) is 0.212. The van der Waals surface area contributed by atoms with Crippen LogP contribution in [-0.2, 0) is 9.53 Å². The first kappa shape index (κ1) is 13.2. The van der Waals surface area contributed by atoms with E-state index in [1.54, 1.807) is 13.0 Å². The zero-order valence-electron chi connectivity index (χ0n) is 11.0. The van der Waals surface area contributed by atoms with E-state index in [0.717, 1.165) is 11.1 Å². The Morgan fingerprint density at radius 2 is 2.26 bits per heavy atom. The molecular formula is C13H15N3O3. The average molecular weight is 261 g/mol. The lowest BCUT2D eigenvalue weighted by Gasteiger charge is -2.13. The molecule has 0 saturated carbocycles. The molecule has 0 radical (unpaired) electrons. The molecule has 6 heteroatoms. The molecule has 2 rings (SSSR count). The Morgan fingerprint density at radius 3 is 2.89 bits per heavy atom. The summed E-state index contributed by atoms with van der Waals surface area (Å²) in [6.07, 6.45) is 0.756. The number of anilines is 1. The standard InChI is InChI=1S/C13H15N3O3/c1-8-4-5-10(13-16-14-7-19-13)6-11(8)15-12(17)9(2)18-3/h4-7,9H,1-3H3,(H,15,17). The molecule has 6 nitrogen and oxygen atoms in total. The number of carbonyl (C=O) groups excluding carboxylic acids is 1. The average Bonchev–Trinajstić information content (AvgIpc) is 2.94. The van der Waals surface area contributed by atoms with Crippen LogP contribution in [0.2, 0.25) is 0 Å². The number of ether oxygens (including phenoxy) is 1. The van der Waals surface area contributed by atoms with Gasteiger partial charge in [0, 0.05) is 18.4 Å². The zero-order valence-corrected chi connectivity index (χ0v) is 11.0. The van der Waals surface area contributed by atoms with E-state index >= 15 is 0 Å². The summed E-state index contributed by atoms with van der Waals surface area (Å²) in [5, 5.41) is 10.3. The van der Waals surface area contributed by atoms with Gasteiger partial charge in [-0.05, 0) is 31.5 Å². The summed E-state index contributed by atoms with van der Waals surface area (Å²) in [6.45, 7) is 3.59. The molecule has 0 spiro atoms. The van der Waals surface area contributed by atoms with Crippen molar-refractivity contribution in [3.8, 4) is 11.5 Å². The number of methoxy groups -OCH3 is 1. The van der Waals surface area contributed by atoms with Gasteiger partial charge in [0.1, 0.15) is 6.10 Å². The highest BCUT2D eigenvalue weighted by Crippen LogP contribution is 2.24. The Kier molecular flexibility index (Phi) is 3.91. The second kappa shape index (κ2) is 5.62. The highest BCUT2D eigenvalue weighted by molar-refractivity contribution is 5.95. The minimum atomic E-state index is -0.508. The van der Waals surface area contributed by atoms with Crippen molar-refractivity contribution in [2.45, 2.75) is 20.0 Å². The van der Waals surface area contributed by atoms with Crippen molar-refractivity contribution >= 4 is 11.6 Å². The minimum Gasteiger partial charge on any atom is -0.423 e. The van der Waals surface area contributed by atoms with Crippen molar-refractivity contribution in [1.82, 2.24) is 10.2 Å². The topological polar surface area (TPSA) is 77.2 Å². The number of nitrogens with one attached hydrogen (secondary N) is 1. The van der Waals surface area contributed by atoms with E-state index in [4.69, 9.17) is 9.15 Å². The number of rotatable bonds is 4. The van der Waals surface area contributed by atoms with Crippen LogP contribution in [0.25, 0.3) is 11.5 Å². The van der Waals surface area contributed by atoms with Crippen molar-refractivity contribution < 1.29 is 13.9 Å². The maximum Gasteiger partial charge on any atom is 0.253 e. The highest BCUT2D eigenvalue weighted by atomic mass is 16.5. The Bertz CT molecular complexity index is 567. The van der Waals surface area contributed by atoms with Crippen LogP contribution in [0.3, 0.4) is 0 Å². The van der Waals surface area contributed by atoms with Gasteiger partial charge >= 0.3 is 0 Å². The van der Waals surface area contributed by atoms with E-state index in [-0.39, 0.29) is 5.91 Å². The first-order chi connectivity index (χ1) is 9.11. The largest absolute Gasteiger partial charge is 0.423 e. The van der Waals surface area contributed by atoms with E-state index in [1.807, 2.05) is 19.1 Å². The van der Waals surface area contributed by atoms with Gasteiger partial charge in [-0.15, -0.1) is 10.2 Å². The molecule has 1 N–H and O–H groups in total. The molecule has 0 saturated heterocycles. The molecule has 1 heterocycles. The summed E-state index contributed by atoms with van der Waals surface area (Å²) in [5.41, 5.74) is 2.40. The number of aryl methyl sites for hydroxylation is 1. The van der Waals surface area contributed by atoms with E-state index in [0.29, 0.717) is 11.6 Å². The molecule has 2 aromatic rings. The highest BCUT2D eigenvalue weighted by Gasteiger charge is 2.14. The molecule has 0 aliphatic heterocycles. The lowest BCUT2D eigenvalue weighted by Crippen LogP contribution is -2.26. The molecule has 0 bridgehead atoms. The molecule has 19 heavy (non-hydrogen) atoms.